The molecule has 6 heteroatoms. The first kappa shape index (κ1) is 22.0. The Balaban J connectivity index is 1.23. The van der Waals surface area contributed by atoms with E-state index in [1.807, 2.05) is 91.9 Å². The van der Waals surface area contributed by atoms with Gasteiger partial charge in [0, 0.05) is 17.2 Å². The second kappa shape index (κ2) is 10.9. The predicted octanol–water partition coefficient (Wildman–Crippen LogP) is 5.02. The molecule has 0 spiro atoms. The number of benzene rings is 3. The van der Waals surface area contributed by atoms with Gasteiger partial charge in [-0.2, -0.15) is 0 Å². The molecule has 0 aliphatic carbocycles. The quantitative estimate of drug-likeness (QED) is 0.371. The fourth-order valence-corrected chi connectivity index (χ4v) is 3.31. The molecule has 4 rings (SSSR count). The number of rotatable bonds is 9. The second-order valence-electron chi connectivity index (χ2n) is 7.26. The van der Waals surface area contributed by atoms with Crippen LogP contribution in [0.4, 0.5) is 0 Å². The zero-order valence-electron chi connectivity index (χ0n) is 18.4. The van der Waals surface area contributed by atoms with E-state index in [0.717, 1.165) is 28.1 Å². The molecule has 1 N–H and O–H groups in total. The van der Waals surface area contributed by atoms with Crippen LogP contribution < -0.4 is 14.8 Å². The number of nitrogens with zero attached hydrogens (tertiary/aromatic N) is 2. The monoisotopic (exact) mass is 439 g/mol. The highest BCUT2D eigenvalue weighted by atomic mass is 16.5. The van der Waals surface area contributed by atoms with E-state index in [1.165, 1.54) is 0 Å². The summed E-state index contributed by atoms with van der Waals surface area (Å²) in [5, 5.41) is 11.2. The lowest BCUT2D eigenvalue weighted by Gasteiger charge is -2.08. The Hall–Kier alpha value is -4.19. The van der Waals surface area contributed by atoms with Crippen molar-refractivity contribution in [3.8, 4) is 34.0 Å². The van der Waals surface area contributed by atoms with Crippen LogP contribution in [0.3, 0.4) is 0 Å². The molecule has 0 atom stereocenters. The first-order chi connectivity index (χ1) is 16.2. The van der Waals surface area contributed by atoms with Crippen molar-refractivity contribution >= 4 is 5.91 Å². The van der Waals surface area contributed by atoms with Crippen molar-refractivity contribution in [2.75, 3.05) is 19.8 Å². The van der Waals surface area contributed by atoms with Crippen LogP contribution in [-0.2, 0) is 0 Å². The molecule has 1 amide bonds. The molecule has 33 heavy (non-hydrogen) atoms. The number of aromatic nitrogens is 2. The maximum Gasteiger partial charge on any atom is 0.251 e. The van der Waals surface area contributed by atoms with Gasteiger partial charge in [-0.25, -0.2) is 0 Å². The van der Waals surface area contributed by atoms with Gasteiger partial charge in [0.15, 0.2) is 0 Å². The Morgan fingerprint density at radius 2 is 1.45 bits per heavy atom. The lowest BCUT2D eigenvalue weighted by Crippen LogP contribution is -2.28. The molecule has 0 radical (unpaired) electrons. The van der Waals surface area contributed by atoms with Gasteiger partial charge < -0.3 is 14.8 Å². The summed E-state index contributed by atoms with van der Waals surface area (Å²) >= 11 is 0. The number of carbonyl (C=O) groups is 1. The molecule has 0 unspecified atom stereocenters. The van der Waals surface area contributed by atoms with Crippen LogP contribution in [0.15, 0.2) is 91.0 Å². The fourth-order valence-electron chi connectivity index (χ4n) is 3.31. The van der Waals surface area contributed by atoms with Crippen LogP contribution in [-0.4, -0.2) is 35.9 Å². The Morgan fingerprint density at radius 1 is 0.758 bits per heavy atom. The van der Waals surface area contributed by atoms with Crippen LogP contribution in [0.5, 0.6) is 11.6 Å². The third-order valence-electron chi connectivity index (χ3n) is 4.99. The van der Waals surface area contributed by atoms with E-state index < -0.39 is 0 Å². The van der Waals surface area contributed by atoms with Gasteiger partial charge in [0.1, 0.15) is 12.4 Å². The van der Waals surface area contributed by atoms with E-state index in [0.29, 0.717) is 31.2 Å². The van der Waals surface area contributed by atoms with Gasteiger partial charge in [-0.05, 0) is 60.5 Å². The molecule has 0 saturated heterocycles. The summed E-state index contributed by atoms with van der Waals surface area (Å²) in [6, 6.07) is 28.9. The first-order valence-corrected chi connectivity index (χ1v) is 10.9. The molecular weight excluding hydrogens is 414 g/mol. The number of carbonyl (C=O) groups excluding carboxylic acids is 1. The zero-order valence-corrected chi connectivity index (χ0v) is 18.4. The van der Waals surface area contributed by atoms with Crippen molar-refractivity contribution < 1.29 is 14.3 Å². The maximum absolute atomic E-state index is 12.4. The molecule has 3 aromatic carbocycles. The van der Waals surface area contributed by atoms with Crippen molar-refractivity contribution in [3.05, 3.63) is 96.6 Å². The minimum atomic E-state index is -0.143. The summed E-state index contributed by atoms with van der Waals surface area (Å²) in [5.74, 6) is 1.09. The number of hydrogen-bond acceptors (Lipinski definition) is 5. The van der Waals surface area contributed by atoms with Gasteiger partial charge >= 0.3 is 0 Å². The van der Waals surface area contributed by atoms with Gasteiger partial charge in [-0.15, -0.1) is 10.2 Å². The van der Waals surface area contributed by atoms with Crippen LogP contribution >= 0.6 is 0 Å². The van der Waals surface area contributed by atoms with Gasteiger partial charge in [0.05, 0.1) is 18.8 Å². The summed E-state index contributed by atoms with van der Waals surface area (Å²) in [7, 11) is 0. The van der Waals surface area contributed by atoms with Gasteiger partial charge in [-0.3, -0.25) is 4.79 Å². The van der Waals surface area contributed by atoms with Gasteiger partial charge in [-0.1, -0.05) is 42.5 Å². The highest BCUT2D eigenvalue weighted by Gasteiger charge is 2.07. The number of ether oxygens (including phenoxy) is 2. The molecule has 0 aliphatic rings. The van der Waals surface area contributed by atoms with E-state index >= 15 is 0 Å². The Morgan fingerprint density at radius 3 is 2.12 bits per heavy atom. The molecule has 0 fully saturated rings. The summed E-state index contributed by atoms with van der Waals surface area (Å²) in [4.78, 5) is 12.4. The van der Waals surface area contributed by atoms with E-state index in [4.69, 9.17) is 9.47 Å². The Kier molecular flexibility index (Phi) is 7.28. The smallest absolute Gasteiger partial charge is 0.251 e. The highest BCUT2D eigenvalue weighted by Crippen LogP contribution is 2.21. The van der Waals surface area contributed by atoms with Crippen molar-refractivity contribution in [2.45, 2.75) is 6.92 Å². The minimum Gasteiger partial charge on any atom is -0.494 e. The molecule has 4 aromatic rings. The van der Waals surface area contributed by atoms with Crippen molar-refractivity contribution in [1.29, 1.82) is 0 Å². The zero-order chi connectivity index (χ0) is 22.9. The highest BCUT2D eigenvalue weighted by molar-refractivity contribution is 5.94. The standard InChI is InChI=1S/C27H25N3O3/c1-2-32-24-14-12-22(13-15-24)25-16-17-26(30-29-25)33-19-18-28-27(31)23-10-8-21(9-11-23)20-6-4-3-5-7-20/h3-17H,2,18-19H2,1H3,(H,28,31). The van der Waals surface area contributed by atoms with Crippen LogP contribution in [0.1, 0.15) is 17.3 Å². The minimum absolute atomic E-state index is 0.143. The first-order valence-electron chi connectivity index (χ1n) is 10.9. The summed E-state index contributed by atoms with van der Waals surface area (Å²) < 4.78 is 11.1. The van der Waals surface area contributed by atoms with Crippen LogP contribution in [0, 0.1) is 0 Å². The second-order valence-corrected chi connectivity index (χ2v) is 7.26. The average molecular weight is 440 g/mol. The molecule has 1 aromatic heterocycles. The molecule has 6 nitrogen and oxygen atoms in total. The lowest BCUT2D eigenvalue weighted by molar-refractivity contribution is 0.0946. The largest absolute Gasteiger partial charge is 0.494 e. The summed E-state index contributed by atoms with van der Waals surface area (Å²) in [6.07, 6.45) is 0. The molecule has 166 valence electrons. The van der Waals surface area contributed by atoms with Gasteiger partial charge in [0.25, 0.3) is 5.91 Å². The van der Waals surface area contributed by atoms with E-state index in [1.54, 1.807) is 6.07 Å². The Labute approximate surface area is 193 Å². The van der Waals surface area contributed by atoms with Crippen molar-refractivity contribution in [3.63, 3.8) is 0 Å². The topological polar surface area (TPSA) is 73.3 Å². The van der Waals surface area contributed by atoms with E-state index in [-0.39, 0.29) is 5.91 Å². The lowest BCUT2D eigenvalue weighted by atomic mass is 10.0. The summed E-state index contributed by atoms with van der Waals surface area (Å²) in [6.45, 7) is 3.24. The van der Waals surface area contributed by atoms with Crippen molar-refractivity contribution in [2.24, 2.45) is 0 Å². The molecule has 0 bridgehead atoms. The summed E-state index contributed by atoms with van der Waals surface area (Å²) in [5.41, 5.74) is 4.49. The SMILES string of the molecule is CCOc1ccc(-c2ccc(OCCNC(=O)c3ccc(-c4ccccc4)cc3)nn2)cc1. The number of amides is 1. The predicted molar refractivity (Wildman–Crippen MR) is 128 cm³/mol. The third kappa shape index (κ3) is 5.95. The molecule has 0 aliphatic heterocycles. The Bertz CT molecular complexity index is 1160. The fraction of sp³-hybridized carbons (Fsp3) is 0.148. The van der Waals surface area contributed by atoms with Crippen LogP contribution in [0.25, 0.3) is 22.4 Å². The average Bonchev–Trinajstić information content (AvgIpc) is 2.88. The molecule has 0 saturated carbocycles. The van der Waals surface area contributed by atoms with Crippen molar-refractivity contribution in [1.82, 2.24) is 15.5 Å². The molecular formula is C27H25N3O3. The van der Waals surface area contributed by atoms with Gasteiger partial charge in [0.2, 0.25) is 5.88 Å². The molecule has 1 heterocycles. The van der Waals surface area contributed by atoms with E-state index in [9.17, 15) is 4.79 Å². The normalized spacial score (nSPS) is 10.5. The maximum atomic E-state index is 12.4. The van der Waals surface area contributed by atoms with E-state index in [2.05, 4.69) is 15.5 Å². The number of hydrogen-bond donors (Lipinski definition) is 1. The number of nitrogens with one attached hydrogen (secondary N) is 1. The third-order valence-corrected chi connectivity index (χ3v) is 4.99. The van der Waals surface area contributed by atoms with Crippen LogP contribution in [0.2, 0.25) is 0 Å².